The van der Waals surface area contributed by atoms with Crippen LogP contribution in [0.2, 0.25) is 0 Å². The van der Waals surface area contributed by atoms with Gasteiger partial charge in [0.2, 0.25) is 11.8 Å². The van der Waals surface area contributed by atoms with Crippen LogP contribution in [0, 0.1) is 0 Å². The number of carbonyl (C=O) groups excluding carboxylic acids is 2. The molecule has 0 bridgehead atoms. The summed E-state index contributed by atoms with van der Waals surface area (Å²) in [6, 6.07) is 7.00. The molecule has 1 aromatic carbocycles. The van der Waals surface area contributed by atoms with Crippen LogP contribution in [-0.2, 0) is 9.59 Å². The third-order valence-corrected chi connectivity index (χ3v) is 3.74. The molecule has 1 fully saturated rings. The van der Waals surface area contributed by atoms with Gasteiger partial charge in [0.05, 0.1) is 19.7 Å². The highest BCUT2D eigenvalue weighted by molar-refractivity contribution is 5.95. The Balaban J connectivity index is 1.92. The number of amides is 2. The number of benzene rings is 1. The molecule has 1 aliphatic heterocycles. The predicted molar refractivity (Wildman–Crippen MR) is 84.9 cm³/mol. The Morgan fingerprint density at radius 1 is 1.45 bits per heavy atom. The van der Waals surface area contributed by atoms with Gasteiger partial charge in [0.25, 0.3) is 0 Å². The van der Waals surface area contributed by atoms with E-state index >= 15 is 0 Å². The minimum absolute atomic E-state index is 0.000734. The SMILES string of the molecule is CCN(CC(=O)Nc1cccc(OC)c1)C(=O)C1CCCN1. The van der Waals surface area contributed by atoms with E-state index in [9.17, 15) is 9.59 Å². The first-order valence-corrected chi connectivity index (χ1v) is 7.60. The quantitative estimate of drug-likeness (QED) is 0.829. The molecule has 2 amide bonds. The van der Waals surface area contributed by atoms with Gasteiger partial charge in [0.15, 0.2) is 0 Å². The Bertz CT molecular complexity index is 527. The normalized spacial score (nSPS) is 17.1. The number of hydrogen-bond donors (Lipinski definition) is 2. The van der Waals surface area contributed by atoms with Gasteiger partial charge in [0, 0.05) is 18.3 Å². The Morgan fingerprint density at radius 2 is 2.27 bits per heavy atom. The van der Waals surface area contributed by atoms with Crippen LogP contribution in [0.1, 0.15) is 19.8 Å². The maximum absolute atomic E-state index is 12.3. The third-order valence-electron chi connectivity index (χ3n) is 3.74. The van der Waals surface area contributed by atoms with Crippen molar-refractivity contribution in [1.29, 1.82) is 0 Å². The van der Waals surface area contributed by atoms with Gasteiger partial charge in [0.1, 0.15) is 5.75 Å². The highest BCUT2D eigenvalue weighted by Gasteiger charge is 2.27. The van der Waals surface area contributed by atoms with Crippen LogP contribution in [0.4, 0.5) is 5.69 Å². The summed E-state index contributed by atoms with van der Waals surface area (Å²) in [6.45, 7) is 3.32. The van der Waals surface area contributed by atoms with Crippen molar-refractivity contribution in [2.24, 2.45) is 0 Å². The van der Waals surface area contributed by atoms with Crippen LogP contribution < -0.4 is 15.4 Å². The zero-order valence-corrected chi connectivity index (χ0v) is 13.1. The van der Waals surface area contributed by atoms with Gasteiger partial charge in [-0.1, -0.05) is 6.07 Å². The summed E-state index contributed by atoms with van der Waals surface area (Å²) in [6.07, 6.45) is 1.84. The number of hydrogen-bond acceptors (Lipinski definition) is 4. The molecular weight excluding hydrogens is 282 g/mol. The van der Waals surface area contributed by atoms with Gasteiger partial charge in [-0.3, -0.25) is 9.59 Å². The molecule has 2 N–H and O–H groups in total. The van der Waals surface area contributed by atoms with Gasteiger partial charge < -0.3 is 20.3 Å². The Hall–Kier alpha value is -2.08. The number of nitrogens with one attached hydrogen (secondary N) is 2. The van der Waals surface area contributed by atoms with Crippen molar-refractivity contribution in [1.82, 2.24) is 10.2 Å². The first-order chi connectivity index (χ1) is 10.6. The molecule has 0 aliphatic carbocycles. The summed E-state index contributed by atoms with van der Waals surface area (Å²) < 4.78 is 5.12. The summed E-state index contributed by atoms with van der Waals surface area (Å²) in [4.78, 5) is 26.0. The second-order valence-electron chi connectivity index (χ2n) is 5.28. The van der Waals surface area contributed by atoms with Crippen molar-refractivity contribution in [3.05, 3.63) is 24.3 Å². The molecule has 6 nitrogen and oxygen atoms in total. The number of rotatable bonds is 6. The number of carbonyl (C=O) groups is 2. The topological polar surface area (TPSA) is 70.7 Å². The Labute approximate surface area is 130 Å². The summed E-state index contributed by atoms with van der Waals surface area (Å²) >= 11 is 0. The van der Waals surface area contributed by atoms with E-state index in [1.807, 2.05) is 13.0 Å². The molecule has 1 aromatic rings. The number of ether oxygens (including phenoxy) is 1. The average molecular weight is 305 g/mol. The van der Waals surface area contributed by atoms with E-state index in [-0.39, 0.29) is 24.4 Å². The Morgan fingerprint density at radius 3 is 2.91 bits per heavy atom. The lowest BCUT2D eigenvalue weighted by molar-refractivity contribution is -0.136. The lowest BCUT2D eigenvalue weighted by Gasteiger charge is -2.23. The minimum Gasteiger partial charge on any atom is -0.497 e. The molecule has 1 heterocycles. The average Bonchev–Trinajstić information content (AvgIpc) is 3.06. The summed E-state index contributed by atoms with van der Waals surface area (Å²) in [5.41, 5.74) is 0.659. The maximum Gasteiger partial charge on any atom is 0.243 e. The smallest absolute Gasteiger partial charge is 0.243 e. The zero-order valence-electron chi connectivity index (χ0n) is 13.1. The largest absolute Gasteiger partial charge is 0.497 e. The minimum atomic E-state index is -0.207. The van der Waals surface area contributed by atoms with E-state index in [4.69, 9.17) is 4.74 Å². The van der Waals surface area contributed by atoms with E-state index in [2.05, 4.69) is 10.6 Å². The number of likely N-dealkylation sites (N-methyl/N-ethyl adjacent to an activating group) is 1. The van der Waals surface area contributed by atoms with Crippen molar-refractivity contribution >= 4 is 17.5 Å². The predicted octanol–water partition coefficient (Wildman–Crippen LogP) is 1.23. The molecule has 6 heteroatoms. The number of methoxy groups -OCH3 is 1. The molecule has 2 rings (SSSR count). The fourth-order valence-electron chi connectivity index (χ4n) is 2.54. The van der Waals surface area contributed by atoms with Gasteiger partial charge in [-0.2, -0.15) is 0 Å². The monoisotopic (exact) mass is 305 g/mol. The van der Waals surface area contributed by atoms with Crippen LogP contribution in [0.3, 0.4) is 0 Å². The molecule has 0 radical (unpaired) electrons. The van der Waals surface area contributed by atoms with Crippen molar-refractivity contribution in [3.8, 4) is 5.75 Å². The highest BCUT2D eigenvalue weighted by atomic mass is 16.5. The lowest BCUT2D eigenvalue weighted by atomic mass is 10.2. The van der Waals surface area contributed by atoms with Crippen LogP contribution in [0.15, 0.2) is 24.3 Å². The lowest BCUT2D eigenvalue weighted by Crippen LogP contribution is -2.46. The molecule has 120 valence electrons. The van der Waals surface area contributed by atoms with Crippen LogP contribution in [0.25, 0.3) is 0 Å². The standard InChI is InChI=1S/C16H23N3O3/c1-3-19(16(21)14-8-5-9-17-14)11-15(20)18-12-6-4-7-13(10-12)22-2/h4,6-7,10,14,17H,3,5,8-9,11H2,1-2H3,(H,18,20). The molecule has 0 spiro atoms. The van der Waals surface area contributed by atoms with Crippen molar-refractivity contribution in [3.63, 3.8) is 0 Å². The first kappa shape index (κ1) is 16.3. The summed E-state index contributed by atoms with van der Waals surface area (Å²) in [5, 5.41) is 5.96. The Kier molecular flexibility index (Phi) is 5.77. The molecular formula is C16H23N3O3. The van der Waals surface area contributed by atoms with Gasteiger partial charge in [-0.15, -0.1) is 0 Å². The van der Waals surface area contributed by atoms with Gasteiger partial charge in [-0.25, -0.2) is 0 Å². The molecule has 1 aliphatic rings. The third kappa shape index (κ3) is 4.21. The molecule has 1 atom stereocenters. The van der Waals surface area contributed by atoms with Crippen LogP contribution in [-0.4, -0.2) is 49.5 Å². The van der Waals surface area contributed by atoms with Crippen LogP contribution in [0.5, 0.6) is 5.75 Å². The van der Waals surface area contributed by atoms with E-state index in [0.717, 1.165) is 19.4 Å². The zero-order chi connectivity index (χ0) is 15.9. The highest BCUT2D eigenvalue weighted by Crippen LogP contribution is 2.16. The second kappa shape index (κ2) is 7.79. The first-order valence-electron chi connectivity index (χ1n) is 7.60. The van der Waals surface area contributed by atoms with Crippen molar-refractivity contribution in [2.45, 2.75) is 25.8 Å². The van der Waals surface area contributed by atoms with E-state index in [1.165, 1.54) is 0 Å². The van der Waals surface area contributed by atoms with Gasteiger partial charge >= 0.3 is 0 Å². The molecule has 0 aromatic heterocycles. The number of nitrogens with zero attached hydrogens (tertiary/aromatic N) is 1. The van der Waals surface area contributed by atoms with E-state index < -0.39 is 0 Å². The van der Waals surface area contributed by atoms with E-state index in [0.29, 0.717) is 18.0 Å². The van der Waals surface area contributed by atoms with Crippen LogP contribution >= 0.6 is 0 Å². The second-order valence-corrected chi connectivity index (χ2v) is 5.28. The molecule has 0 saturated carbocycles. The van der Waals surface area contributed by atoms with E-state index in [1.54, 1.807) is 30.2 Å². The van der Waals surface area contributed by atoms with Gasteiger partial charge in [-0.05, 0) is 38.4 Å². The van der Waals surface area contributed by atoms with Crippen molar-refractivity contribution in [2.75, 3.05) is 32.1 Å². The number of anilines is 1. The summed E-state index contributed by atoms with van der Waals surface area (Å²) in [5.74, 6) is 0.471. The molecule has 1 saturated heterocycles. The fraction of sp³-hybridized carbons (Fsp3) is 0.500. The van der Waals surface area contributed by atoms with Crippen molar-refractivity contribution < 1.29 is 14.3 Å². The fourth-order valence-corrected chi connectivity index (χ4v) is 2.54. The molecule has 22 heavy (non-hydrogen) atoms. The molecule has 1 unspecified atom stereocenters. The summed E-state index contributed by atoms with van der Waals surface area (Å²) in [7, 11) is 1.58. The maximum atomic E-state index is 12.3.